The average molecular weight is 285 g/mol. The van der Waals surface area contributed by atoms with Crippen LogP contribution in [0.25, 0.3) is 0 Å². The van der Waals surface area contributed by atoms with Crippen molar-refractivity contribution in [1.82, 2.24) is 5.32 Å². The van der Waals surface area contributed by atoms with Gasteiger partial charge in [0.1, 0.15) is 4.92 Å². The molecule has 0 spiro atoms. The van der Waals surface area contributed by atoms with Gasteiger partial charge in [-0.05, 0) is 12.3 Å². The molecule has 2 heterocycles. The molecule has 1 saturated heterocycles. The van der Waals surface area contributed by atoms with Crippen LogP contribution in [-0.2, 0) is 4.74 Å². The molecule has 2 atom stereocenters. The predicted molar refractivity (Wildman–Crippen MR) is 68.5 cm³/mol. The number of hydrogen-bond acceptors (Lipinski definition) is 7. The zero-order valence-electron chi connectivity index (χ0n) is 9.94. The molecule has 1 aliphatic rings. The van der Waals surface area contributed by atoms with Crippen LogP contribution >= 0.6 is 11.8 Å². The van der Waals surface area contributed by atoms with Crippen molar-refractivity contribution in [2.75, 3.05) is 12.0 Å². The number of carbonyl (C=O) groups is 1. The van der Waals surface area contributed by atoms with Crippen LogP contribution in [0.3, 0.4) is 0 Å². The lowest BCUT2D eigenvalue weighted by Gasteiger charge is -2.10. The number of nitro groups is 1. The lowest BCUT2D eigenvalue weighted by Crippen LogP contribution is -2.31. The molecule has 0 bridgehead atoms. The van der Waals surface area contributed by atoms with Crippen LogP contribution in [-0.4, -0.2) is 41.5 Å². The van der Waals surface area contributed by atoms with Crippen molar-refractivity contribution < 1.29 is 18.9 Å². The van der Waals surface area contributed by atoms with Gasteiger partial charge in [0, 0.05) is 5.75 Å². The molecule has 1 amide bonds. The van der Waals surface area contributed by atoms with E-state index in [4.69, 9.17) is 9.15 Å². The normalized spacial score (nSPS) is 22.5. The summed E-state index contributed by atoms with van der Waals surface area (Å²) in [5, 5.41) is 13.0. The third-order valence-corrected chi connectivity index (χ3v) is 3.02. The Balaban J connectivity index is 2.04. The van der Waals surface area contributed by atoms with Gasteiger partial charge in [0.2, 0.25) is 0 Å². The minimum absolute atomic E-state index is 0.246. The van der Waals surface area contributed by atoms with Crippen molar-refractivity contribution in [3.8, 4) is 0 Å². The van der Waals surface area contributed by atoms with Crippen molar-refractivity contribution in [2.24, 2.45) is 4.99 Å². The van der Waals surface area contributed by atoms with Gasteiger partial charge in [-0.15, -0.1) is 0 Å². The second kappa shape index (κ2) is 5.74. The fourth-order valence-electron chi connectivity index (χ4n) is 1.54. The van der Waals surface area contributed by atoms with E-state index in [0.29, 0.717) is 5.75 Å². The van der Waals surface area contributed by atoms with E-state index in [-0.39, 0.29) is 17.7 Å². The van der Waals surface area contributed by atoms with Crippen LogP contribution in [0.5, 0.6) is 0 Å². The average Bonchev–Trinajstić information content (AvgIpc) is 2.94. The number of alkyl carbamates (subject to hydrolysis) is 1. The van der Waals surface area contributed by atoms with Crippen molar-refractivity contribution in [3.05, 3.63) is 28.0 Å². The third-order valence-electron chi connectivity index (χ3n) is 2.36. The standard InChI is InChI=1S/C10H11N3O5S/c1-19-5-7-9(12-10(14)18-7)11-4-6-2-3-8(17-6)13(15)16/h2-4,7,9H,5H2,1H3,(H,12,14)/t7-,9+/m1/s1. The fraction of sp³-hybridized carbons (Fsp3) is 0.400. The topological polar surface area (TPSA) is 107 Å². The van der Waals surface area contributed by atoms with Crippen LogP contribution in [0.1, 0.15) is 5.76 Å². The van der Waals surface area contributed by atoms with Gasteiger partial charge in [-0.1, -0.05) is 0 Å². The van der Waals surface area contributed by atoms with Crippen LogP contribution in [0.2, 0.25) is 0 Å². The molecular formula is C10H11N3O5S. The Bertz CT molecular complexity index is 515. The summed E-state index contributed by atoms with van der Waals surface area (Å²) in [7, 11) is 0. The van der Waals surface area contributed by atoms with Crippen LogP contribution in [0, 0.1) is 10.1 Å². The van der Waals surface area contributed by atoms with Crippen molar-refractivity contribution in [1.29, 1.82) is 0 Å². The number of nitrogens with one attached hydrogen (secondary N) is 1. The first-order chi connectivity index (χ1) is 9.10. The minimum atomic E-state index is -0.631. The number of furan rings is 1. The maximum Gasteiger partial charge on any atom is 0.433 e. The fourth-order valence-corrected chi connectivity index (χ4v) is 2.11. The van der Waals surface area contributed by atoms with Gasteiger partial charge in [0.15, 0.2) is 18.0 Å². The zero-order chi connectivity index (χ0) is 13.8. The Hall–Kier alpha value is -2.03. The maximum atomic E-state index is 11.1. The van der Waals surface area contributed by atoms with Gasteiger partial charge in [0.05, 0.1) is 12.3 Å². The van der Waals surface area contributed by atoms with Gasteiger partial charge >= 0.3 is 12.0 Å². The highest BCUT2D eigenvalue weighted by molar-refractivity contribution is 7.98. The van der Waals surface area contributed by atoms with Gasteiger partial charge in [-0.25, -0.2) is 4.79 Å². The summed E-state index contributed by atoms with van der Waals surface area (Å²) in [6.45, 7) is 0. The highest BCUT2D eigenvalue weighted by atomic mass is 32.2. The molecule has 0 saturated carbocycles. The summed E-state index contributed by atoms with van der Waals surface area (Å²) >= 11 is 1.53. The molecule has 9 heteroatoms. The lowest BCUT2D eigenvalue weighted by atomic mass is 10.3. The first kappa shape index (κ1) is 13.4. The Morgan fingerprint density at radius 3 is 3.05 bits per heavy atom. The molecule has 0 aromatic carbocycles. The van der Waals surface area contributed by atoms with E-state index in [9.17, 15) is 14.9 Å². The van der Waals surface area contributed by atoms with Gasteiger partial charge < -0.3 is 9.15 Å². The Labute approximate surface area is 112 Å². The van der Waals surface area contributed by atoms with E-state index >= 15 is 0 Å². The lowest BCUT2D eigenvalue weighted by molar-refractivity contribution is -0.402. The zero-order valence-corrected chi connectivity index (χ0v) is 10.8. The summed E-state index contributed by atoms with van der Waals surface area (Å²) in [6.07, 6.45) is 1.84. The molecule has 0 radical (unpaired) electrons. The Morgan fingerprint density at radius 2 is 2.42 bits per heavy atom. The number of nitrogens with zero attached hydrogens (tertiary/aromatic N) is 2. The van der Waals surface area contributed by atoms with E-state index in [1.165, 1.54) is 30.1 Å². The number of rotatable bonds is 5. The first-order valence-corrected chi connectivity index (χ1v) is 6.73. The molecule has 1 N–H and O–H groups in total. The van der Waals surface area contributed by atoms with Crippen molar-refractivity contribution in [2.45, 2.75) is 12.3 Å². The monoisotopic (exact) mass is 285 g/mol. The molecule has 0 unspecified atom stereocenters. The molecular weight excluding hydrogens is 274 g/mol. The summed E-state index contributed by atoms with van der Waals surface area (Å²) in [5.74, 6) is 0.503. The van der Waals surface area contributed by atoms with E-state index in [1.807, 2.05) is 6.26 Å². The molecule has 102 valence electrons. The van der Waals surface area contributed by atoms with Crippen LogP contribution < -0.4 is 5.32 Å². The molecule has 2 rings (SSSR count). The van der Waals surface area contributed by atoms with Crippen molar-refractivity contribution >= 4 is 30.0 Å². The van der Waals surface area contributed by atoms with Gasteiger partial charge in [-0.3, -0.25) is 20.4 Å². The number of cyclic esters (lactones) is 1. The summed E-state index contributed by atoms with van der Waals surface area (Å²) in [5.41, 5.74) is 0. The molecule has 19 heavy (non-hydrogen) atoms. The van der Waals surface area contributed by atoms with Crippen LogP contribution in [0.15, 0.2) is 21.5 Å². The summed E-state index contributed by atoms with van der Waals surface area (Å²) in [6, 6.07) is 2.67. The van der Waals surface area contributed by atoms with Crippen LogP contribution in [0.4, 0.5) is 10.7 Å². The quantitative estimate of drug-likeness (QED) is 0.498. The molecule has 1 fully saturated rings. The maximum absolute atomic E-state index is 11.1. The SMILES string of the molecule is CSC[C@H]1OC(=O)N[C@@H]1N=Cc1ccc([N+](=O)[O-])o1. The number of hydrogen-bond donors (Lipinski definition) is 1. The summed E-state index contributed by atoms with van der Waals surface area (Å²) in [4.78, 5) is 25.0. The van der Waals surface area contributed by atoms with E-state index in [2.05, 4.69) is 10.3 Å². The highest BCUT2D eigenvalue weighted by Gasteiger charge is 2.32. The van der Waals surface area contributed by atoms with Crippen molar-refractivity contribution in [3.63, 3.8) is 0 Å². The van der Waals surface area contributed by atoms with E-state index in [1.54, 1.807) is 0 Å². The minimum Gasteiger partial charge on any atom is -0.441 e. The number of amides is 1. The highest BCUT2D eigenvalue weighted by Crippen LogP contribution is 2.16. The third kappa shape index (κ3) is 3.25. The number of thioether (sulfide) groups is 1. The summed E-state index contributed by atoms with van der Waals surface area (Å²) < 4.78 is 9.94. The Kier molecular flexibility index (Phi) is 4.05. The van der Waals surface area contributed by atoms with E-state index in [0.717, 1.165) is 0 Å². The smallest absolute Gasteiger partial charge is 0.433 e. The molecule has 1 aliphatic heterocycles. The predicted octanol–water partition coefficient (Wildman–Crippen LogP) is 1.40. The number of carbonyl (C=O) groups excluding carboxylic acids is 1. The molecule has 0 aliphatic carbocycles. The second-order valence-electron chi connectivity index (χ2n) is 3.70. The molecule has 1 aromatic heterocycles. The largest absolute Gasteiger partial charge is 0.441 e. The van der Waals surface area contributed by atoms with Gasteiger partial charge in [0.25, 0.3) is 0 Å². The van der Waals surface area contributed by atoms with E-state index < -0.39 is 17.2 Å². The first-order valence-electron chi connectivity index (χ1n) is 5.33. The Morgan fingerprint density at radius 1 is 1.63 bits per heavy atom. The molecule has 1 aromatic rings. The molecule has 8 nitrogen and oxygen atoms in total. The second-order valence-corrected chi connectivity index (χ2v) is 4.61. The van der Waals surface area contributed by atoms with Gasteiger partial charge in [-0.2, -0.15) is 11.8 Å². The number of aliphatic imine (C=N–C) groups is 1. The number of ether oxygens (including phenoxy) is 1.